The van der Waals surface area contributed by atoms with Gasteiger partial charge in [0, 0.05) is 29.9 Å². The summed E-state index contributed by atoms with van der Waals surface area (Å²) in [6.07, 6.45) is 6.93. The van der Waals surface area contributed by atoms with E-state index in [-0.39, 0.29) is 22.7 Å². The van der Waals surface area contributed by atoms with E-state index in [2.05, 4.69) is 31.5 Å². The second-order valence-corrected chi connectivity index (χ2v) is 11.6. The number of benzene rings is 1. The van der Waals surface area contributed by atoms with Crippen LogP contribution in [0.5, 0.6) is 0 Å². The number of fused-ring (bicyclic) bond motifs is 1. The van der Waals surface area contributed by atoms with Crippen LogP contribution in [0.15, 0.2) is 42.6 Å². The maximum atomic E-state index is 12.8. The second-order valence-electron chi connectivity index (χ2n) is 10.6. The van der Waals surface area contributed by atoms with Crippen molar-refractivity contribution in [1.82, 2.24) is 25.2 Å². The van der Waals surface area contributed by atoms with Gasteiger partial charge in [0.05, 0.1) is 24.1 Å². The van der Waals surface area contributed by atoms with Gasteiger partial charge in [0.1, 0.15) is 17.4 Å². The molecule has 3 heterocycles. The summed E-state index contributed by atoms with van der Waals surface area (Å²) in [4.78, 5) is 34.1. The summed E-state index contributed by atoms with van der Waals surface area (Å²) in [5.41, 5.74) is 2.96. The van der Waals surface area contributed by atoms with Crippen LogP contribution in [0.25, 0.3) is 16.9 Å². The summed E-state index contributed by atoms with van der Waals surface area (Å²) in [7, 11) is 0. The number of aliphatic carboxylic acids is 1. The molecule has 1 aromatic carbocycles. The number of carboxylic acids is 1. The highest BCUT2D eigenvalue weighted by atomic mass is 79.9. The molecule has 3 unspecified atom stereocenters. The predicted molar refractivity (Wildman–Crippen MR) is 146 cm³/mol. The van der Waals surface area contributed by atoms with Crippen molar-refractivity contribution in [2.75, 3.05) is 19.8 Å². The number of ether oxygens (including phenoxy) is 1. The number of carboxylic acid groups (broad SMARTS) is 1. The van der Waals surface area contributed by atoms with Gasteiger partial charge in [-0.2, -0.15) is 0 Å². The van der Waals surface area contributed by atoms with E-state index < -0.39 is 17.4 Å². The SMILES string of the molecule is O=C(O)[C@H](Cc1ccc(-n2c(C3COCCN3)nc3cccnc32)cc1)NC1C(Br)C(=O)C12CCCCC2. The van der Waals surface area contributed by atoms with Crippen LogP contribution in [-0.4, -0.2) is 68.1 Å². The number of carbonyl (C=O) groups is 2. The summed E-state index contributed by atoms with van der Waals surface area (Å²) in [6, 6.07) is 10.7. The number of hydrogen-bond donors (Lipinski definition) is 3. The first-order valence-electron chi connectivity index (χ1n) is 13.4. The Morgan fingerprint density at radius 2 is 2.03 bits per heavy atom. The minimum atomic E-state index is -0.908. The van der Waals surface area contributed by atoms with Crippen molar-refractivity contribution in [2.45, 2.75) is 61.5 Å². The van der Waals surface area contributed by atoms with Crippen molar-refractivity contribution in [1.29, 1.82) is 0 Å². The van der Waals surface area contributed by atoms with E-state index in [1.165, 1.54) is 0 Å². The molecule has 1 aliphatic heterocycles. The monoisotopic (exact) mass is 581 g/mol. The zero-order valence-corrected chi connectivity index (χ0v) is 22.7. The van der Waals surface area contributed by atoms with Gasteiger partial charge >= 0.3 is 5.97 Å². The van der Waals surface area contributed by atoms with Crippen LogP contribution < -0.4 is 10.6 Å². The molecular weight excluding hydrogens is 550 g/mol. The number of pyridine rings is 1. The van der Waals surface area contributed by atoms with Gasteiger partial charge in [0.25, 0.3) is 0 Å². The van der Waals surface area contributed by atoms with Gasteiger partial charge in [-0.05, 0) is 49.1 Å². The van der Waals surface area contributed by atoms with E-state index >= 15 is 0 Å². The first-order chi connectivity index (χ1) is 18.5. The predicted octanol–water partition coefficient (Wildman–Crippen LogP) is 3.33. The summed E-state index contributed by atoms with van der Waals surface area (Å²) in [6.45, 7) is 1.97. The second kappa shape index (κ2) is 10.5. The van der Waals surface area contributed by atoms with Gasteiger partial charge < -0.3 is 15.2 Å². The Hall–Kier alpha value is -2.66. The lowest BCUT2D eigenvalue weighted by molar-refractivity contribution is -0.148. The molecule has 0 bridgehead atoms. The minimum Gasteiger partial charge on any atom is -0.480 e. The van der Waals surface area contributed by atoms with Gasteiger partial charge in [-0.25, -0.2) is 9.97 Å². The molecule has 0 radical (unpaired) electrons. The molecule has 3 aromatic rings. The molecule has 2 saturated carbocycles. The third-order valence-electron chi connectivity index (χ3n) is 8.36. The van der Waals surface area contributed by atoms with Crippen LogP contribution in [-0.2, 0) is 20.7 Å². The molecule has 2 aromatic heterocycles. The van der Waals surface area contributed by atoms with Crippen molar-refractivity contribution in [3.8, 4) is 5.69 Å². The Morgan fingerprint density at radius 3 is 2.74 bits per heavy atom. The standard InChI is InChI=1S/C28H32BrN5O4/c29-22-23(28(24(22)35)10-2-1-3-11-28)32-20(27(36)37)15-17-6-8-18(9-7-17)34-25-19(5-4-12-31-25)33-26(34)21-16-38-14-13-30-21/h4-9,12,20-23,30,32H,1-3,10-11,13-16H2,(H,36,37)/t20-,21?,22?,23?/m0/s1. The van der Waals surface area contributed by atoms with Crippen LogP contribution in [0.3, 0.4) is 0 Å². The van der Waals surface area contributed by atoms with E-state index in [0.29, 0.717) is 19.6 Å². The maximum Gasteiger partial charge on any atom is 0.321 e. The molecule has 3 aliphatic rings. The smallest absolute Gasteiger partial charge is 0.321 e. The van der Waals surface area contributed by atoms with Crippen LogP contribution in [0.2, 0.25) is 0 Å². The number of nitrogens with one attached hydrogen (secondary N) is 2. The molecule has 10 heteroatoms. The molecule has 2 aliphatic carbocycles. The van der Waals surface area contributed by atoms with Crippen LogP contribution >= 0.6 is 15.9 Å². The normalized spacial score (nSPS) is 25.8. The van der Waals surface area contributed by atoms with Gasteiger partial charge in [-0.1, -0.05) is 47.3 Å². The molecule has 6 rings (SSSR count). The largest absolute Gasteiger partial charge is 0.480 e. The van der Waals surface area contributed by atoms with E-state index in [0.717, 1.165) is 66.9 Å². The minimum absolute atomic E-state index is 0.0484. The number of ketones is 1. The molecule has 9 nitrogen and oxygen atoms in total. The highest BCUT2D eigenvalue weighted by Gasteiger charge is 2.61. The van der Waals surface area contributed by atoms with Gasteiger partial charge in [-0.3, -0.25) is 19.5 Å². The summed E-state index contributed by atoms with van der Waals surface area (Å²) in [5.74, 6) is 0.152. The van der Waals surface area contributed by atoms with Crippen LogP contribution in [0.4, 0.5) is 0 Å². The van der Waals surface area contributed by atoms with Crippen molar-refractivity contribution in [2.24, 2.45) is 5.41 Å². The summed E-state index contributed by atoms with van der Waals surface area (Å²) in [5, 5.41) is 16.9. The van der Waals surface area contributed by atoms with Crippen molar-refractivity contribution >= 4 is 38.8 Å². The third-order valence-corrected chi connectivity index (χ3v) is 9.31. The Bertz CT molecular complexity index is 1330. The summed E-state index contributed by atoms with van der Waals surface area (Å²) < 4.78 is 7.73. The summed E-state index contributed by atoms with van der Waals surface area (Å²) >= 11 is 3.52. The number of imidazole rings is 1. The first-order valence-corrected chi connectivity index (χ1v) is 14.3. The molecule has 3 fully saturated rings. The molecular formula is C28H32BrN5O4. The number of alkyl halides is 1. The fraction of sp³-hybridized carbons (Fsp3) is 0.500. The van der Waals surface area contributed by atoms with Crippen molar-refractivity contribution < 1.29 is 19.4 Å². The van der Waals surface area contributed by atoms with E-state index in [1.807, 2.05) is 41.0 Å². The zero-order valence-electron chi connectivity index (χ0n) is 21.1. The average Bonchev–Trinajstić information content (AvgIpc) is 3.35. The van der Waals surface area contributed by atoms with Crippen molar-refractivity contribution in [3.05, 3.63) is 54.0 Å². The van der Waals surface area contributed by atoms with Crippen molar-refractivity contribution in [3.63, 3.8) is 0 Å². The van der Waals surface area contributed by atoms with E-state index in [9.17, 15) is 14.7 Å². The van der Waals surface area contributed by atoms with Crippen LogP contribution in [0, 0.1) is 5.41 Å². The lowest BCUT2D eigenvalue weighted by atomic mass is 9.56. The van der Waals surface area contributed by atoms with Gasteiger partial charge in [-0.15, -0.1) is 0 Å². The van der Waals surface area contributed by atoms with Gasteiger partial charge in [0.2, 0.25) is 0 Å². The highest BCUT2D eigenvalue weighted by molar-refractivity contribution is 9.10. The maximum absolute atomic E-state index is 12.8. The average molecular weight is 582 g/mol. The molecule has 1 saturated heterocycles. The molecule has 3 N–H and O–H groups in total. The number of morpholine rings is 1. The number of Topliss-reactive ketones (excluding diaryl/α,β-unsaturated/α-hetero) is 1. The topological polar surface area (TPSA) is 118 Å². The fourth-order valence-electron chi connectivity index (χ4n) is 6.35. The molecule has 0 amide bonds. The Labute approximate surface area is 229 Å². The van der Waals surface area contributed by atoms with E-state index in [4.69, 9.17) is 9.72 Å². The lowest BCUT2D eigenvalue weighted by Crippen LogP contribution is -2.71. The number of aromatic nitrogens is 3. The Balaban J connectivity index is 1.24. The Kier molecular flexibility index (Phi) is 7.07. The zero-order chi connectivity index (χ0) is 26.3. The highest BCUT2D eigenvalue weighted by Crippen LogP contribution is 2.51. The molecule has 38 heavy (non-hydrogen) atoms. The fourth-order valence-corrected chi connectivity index (χ4v) is 7.46. The molecule has 4 atom stereocenters. The number of nitrogens with zero attached hydrogens (tertiary/aromatic N) is 3. The third kappa shape index (κ3) is 4.47. The molecule has 200 valence electrons. The Morgan fingerprint density at radius 1 is 1.24 bits per heavy atom. The number of hydrogen-bond acceptors (Lipinski definition) is 7. The van der Waals surface area contributed by atoms with Crippen LogP contribution in [0.1, 0.15) is 49.5 Å². The molecule has 1 spiro atoms. The van der Waals surface area contributed by atoms with Gasteiger partial charge in [0.15, 0.2) is 11.4 Å². The van der Waals surface area contributed by atoms with E-state index in [1.54, 1.807) is 6.20 Å². The number of carbonyl (C=O) groups excluding carboxylic acids is 1. The number of halogens is 1. The quantitative estimate of drug-likeness (QED) is 0.364. The number of rotatable bonds is 7. The first kappa shape index (κ1) is 25.6. The lowest BCUT2D eigenvalue weighted by Gasteiger charge is -2.54.